The number of allylic oxidation sites excluding steroid dienone is 1. The highest BCUT2D eigenvalue weighted by molar-refractivity contribution is 7.71. The fraction of sp³-hybridized carbons (Fsp3) is 0. The average Bonchev–Trinajstić information content (AvgIpc) is 3.01. The van der Waals surface area contributed by atoms with Crippen molar-refractivity contribution in [2.24, 2.45) is 4.99 Å². The van der Waals surface area contributed by atoms with Gasteiger partial charge in [0.15, 0.2) is 4.77 Å². The summed E-state index contributed by atoms with van der Waals surface area (Å²) in [5, 5.41) is 11.2. The molecule has 1 aliphatic rings. The molecule has 0 unspecified atom stereocenters. The maximum absolute atomic E-state index is 12.4. The van der Waals surface area contributed by atoms with Crippen LogP contribution in [0.3, 0.4) is 0 Å². The molecule has 2 aromatic carbocycles. The zero-order chi connectivity index (χ0) is 18.3. The molecule has 2 N–H and O–H groups in total. The van der Waals surface area contributed by atoms with Crippen LogP contribution in [0.25, 0.3) is 17.3 Å². The summed E-state index contributed by atoms with van der Waals surface area (Å²) in [5.41, 5.74) is 2.61. The normalized spacial score (nSPS) is 14.0. The second kappa shape index (κ2) is 6.40. The minimum atomic E-state index is -0.476. The lowest BCUT2D eigenvalue weighted by atomic mass is 10.1. The number of fused-ring (bicyclic) bond motifs is 1. The van der Waals surface area contributed by atoms with Crippen molar-refractivity contribution in [3.63, 3.8) is 0 Å². The van der Waals surface area contributed by atoms with Gasteiger partial charge in [0.05, 0.1) is 11.4 Å². The molecule has 0 radical (unpaired) electrons. The molecule has 0 fully saturated rings. The summed E-state index contributed by atoms with van der Waals surface area (Å²) < 4.78 is 1.45. The van der Waals surface area contributed by atoms with Crippen LogP contribution in [0.1, 0.15) is 11.1 Å². The van der Waals surface area contributed by atoms with E-state index in [0.29, 0.717) is 10.7 Å². The van der Waals surface area contributed by atoms with E-state index in [9.17, 15) is 9.90 Å². The molecule has 4 rings (SSSR count). The Morgan fingerprint density at radius 1 is 1.19 bits per heavy atom. The number of para-hydroxylation sites is 1. The Labute approximate surface area is 158 Å². The summed E-state index contributed by atoms with van der Waals surface area (Å²) in [6.07, 6.45) is 3.26. The summed E-state index contributed by atoms with van der Waals surface area (Å²) in [7, 11) is 0. The van der Waals surface area contributed by atoms with E-state index in [1.54, 1.807) is 36.6 Å². The highest BCUT2D eigenvalue weighted by atomic mass is 35.5. The lowest BCUT2D eigenvalue weighted by Crippen LogP contribution is -2.16. The zero-order valence-electron chi connectivity index (χ0n) is 13.3. The molecule has 7 heteroatoms. The van der Waals surface area contributed by atoms with Crippen LogP contribution in [0.2, 0.25) is 5.02 Å². The van der Waals surface area contributed by atoms with Gasteiger partial charge in [0, 0.05) is 22.4 Å². The Morgan fingerprint density at radius 2 is 2.00 bits per heavy atom. The van der Waals surface area contributed by atoms with Crippen molar-refractivity contribution in [1.82, 2.24) is 9.55 Å². The first-order valence-electron chi connectivity index (χ1n) is 7.74. The predicted molar refractivity (Wildman–Crippen MR) is 106 cm³/mol. The van der Waals surface area contributed by atoms with Crippen molar-refractivity contribution >= 4 is 47.4 Å². The number of hydrogen-bond donors (Lipinski definition) is 2. The van der Waals surface area contributed by atoms with Crippen LogP contribution in [-0.2, 0) is 0 Å². The second-order valence-corrected chi connectivity index (χ2v) is 6.51. The first-order valence-corrected chi connectivity index (χ1v) is 8.52. The number of aliphatic imine (C=N–C) groups is 1. The van der Waals surface area contributed by atoms with Gasteiger partial charge in [0.25, 0.3) is 5.56 Å². The molecule has 0 spiro atoms. The molecule has 5 nitrogen and oxygen atoms in total. The van der Waals surface area contributed by atoms with E-state index in [1.165, 1.54) is 4.57 Å². The lowest BCUT2D eigenvalue weighted by Gasteiger charge is -2.12. The number of halogens is 1. The van der Waals surface area contributed by atoms with Gasteiger partial charge in [-0.2, -0.15) is 0 Å². The molecule has 0 saturated carbocycles. The van der Waals surface area contributed by atoms with Gasteiger partial charge < -0.3 is 5.11 Å². The Hall–Kier alpha value is -2.96. The average molecular weight is 382 g/mol. The number of aromatic nitrogens is 2. The third kappa shape index (κ3) is 2.79. The molecule has 0 amide bonds. The fourth-order valence-corrected chi connectivity index (χ4v) is 3.30. The van der Waals surface area contributed by atoms with E-state index in [0.717, 1.165) is 16.8 Å². The van der Waals surface area contributed by atoms with Crippen molar-refractivity contribution in [2.75, 3.05) is 0 Å². The van der Waals surface area contributed by atoms with E-state index in [2.05, 4.69) is 9.98 Å². The van der Waals surface area contributed by atoms with E-state index in [-0.39, 0.29) is 16.2 Å². The number of nitrogens with one attached hydrogen (secondary N) is 1. The van der Waals surface area contributed by atoms with E-state index >= 15 is 0 Å². The second-order valence-electron chi connectivity index (χ2n) is 5.69. The largest absolute Gasteiger partial charge is 0.494 e. The first-order chi connectivity index (χ1) is 12.5. The molecular weight excluding hydrogens is 370 g/mol. The number of aromatic amines is 1. The maximum Gasteiger partial charge on any atom is 0.262 e. The third-order valence-corrected chi connectivity index (χ3v) is 4.56. The van der Waals surface area contributed by atoms with Crippen LogP contribution < -0.4 is 5.56 Å². The topological polar surface area (TPSA) is 70.4 Å². The molecule has 0 bridgehead atoms. The predicted octanol–water partition coefficient (Wildman–Crippen LogP) is 4.51. The van der Waals surface area contributed by atoms with Gasteiger partial charge in [-0.1, -0.05) is 35.9 Å². The molecule has 2 heterocycles. The number of aromatic hydroxyl groups is 1. The van der Waals surface area contributed by atoms with Crippen LogP contribution >= 0.6 is 23.8 Å². The van der Waals surface area contributed by atoms with Gasteiger partial charge in [-0.25, -0.2) is 0 Å². The monoisotopic (exact) mass is 381 g/mol. The Morgan fingerprint density at radius 3 is 2.81 bits per heavy atom. The molecule has 0 saturated heterocycles. The third-order valence-electron chi connectivity index (χ3n) is 4.04. The Bertz CT molecular complexity index is 1210. The Balaban J connectivity index is 1.93. The molecule has 128 valence electrons. The number of hydrogen-bond acceptors (Lipinski definition) is 4. The molecule has 3 aromatic rings. The van der Waals surface area contributed by atoms with E-state index in [1.807, 2.05) is 24.3 Å². The standard InChI is InChI=1S/C19H12ClN3O2S/c20-12-4-3-5-13(9-12)23-18(25)15(17(24)22-19(23)26)8-11-10-21-16-7-2-1-6-14(11)16/h1-10,25H,(H,22,24,26)/b11-8+. The highest BCUT2D eigenvalue weighted by Crippen LogP contribution is 2.33. The molecular formula is C19H12ClN3O2S. The van der Waals surface area contributed by atoms with Crippen LogP contribution in [0, 0.1) is 4.77 Å². The van der Waals surface area contributed by atoms with Crippen LogP contribution in [0.4, 0.5) is 5.69 Å². The zero-order valence-corrected chi connectivity index (χ0v) is 14.9. The van der Waals surface area contributed by atoms with Gasteiger partial charge in [0.2, 0.25) is 5.88 Å². The maximum atomic E-state index is 12.4. The van der Waals surface area contributed by atoms with E-state index < -0.39 is 5.56 Å². The SMILES string of the molecule is O=c1[nH]c(=S)n(-c2cccc(Cl)c2)c(O)c1/C=C1\C=Nc2ccccc21. The van der Waals surface area contributed by atoms with Crippen molar-refractivity contribution in [1.29, 1.82) is 0 Å². The number of nitrogens with zero attached hydrogens (tertiary/aromatic N) is 2. The van der Waals surface area contributed by atoms with Gasteiger partial charge in [0.1, 0.15) is 5.56 Å². The Kier molecular flexibility index (Phi) is 4.06. The van der Waals surface area contributed by atoms with Gasteiger partial charge in [-0.05, 0) is 42.6 Å². The molecule has 1 aliphatic heterocycles. The lowest BCUT2D eigenvalue weighted by molar-refractivity contribution is 0.432. The smallest absolute Gasteiger partial charge is 0.262 e. The van der Waals surface area contributed by atoms with Crippen LogP contribution in [0.5, 0.6) is 5.88 Å². The summed E-state index contributed by atoms with van der Waals surface area (Å²) in [5.74, 6) is -0.258. The summed E-state index contributed by atoms with van der Waals surface area (Å²) in [6.45, 7) is 0. The van der Waals surface area contributed by atoms with E-state index in [4.69, 9.17) is 23.8 Å². The molecule has 1 aromatic heterocycles. The quantitative estimate of drug-likeness (QED) is 0.641. The number of H-pyrrole nitrogens is 1. The van der Waals surface area contributed by atoms with Crippen molar-refractivity contribution < 1.29 is 5.11 Å². The summed E-state index contributed by atoms with van der Waals surface area (Å²) in [6, 6.07) is 14.4. The summed E-state index contributed by atoms with van der Waals surface area (Å²) >= 11 is 11.2. The minimum absolute atomic E-state index is 0.0809. The molecule has 26 heavy (non-hydrogen) atoms. The van der Waals surface area contributed by atoms with Crippen LogP contribution in [0.15, 0.2) is 58.3 Å². The van der Waals surface area contributed by atoms with Crippen molar-refractivity contribution in [2.45, 2.75) is 0 Å². The van der Waals surface area contributed by atoms with Gasteiger partial charge >= 0.3 is 0 Å². The van der Waals surface area contributed by atoms with Crippen LogP contribution in [-0.4, -0.2) is 20.9 Å². The van der Waals surface area contributed by atoms with Crippen molar-refractivity contribution in [3.8, 4) is 11.6 Å². The molecule has 0 atom stereocenters. The fourth-order valence-electron chi connectivity index (χ4n) is 2.83. The van der Waals surface area contributed by atoms with Gasteiger partial charge in [-0.15, -0.1) is 0 Å². The first kappa shape index (κ1) is 16.5. The van der Waals surface area contributed by atoms with Crippen molar-refractivity contribution in [3.05, 3.63) is 79.8 Å². The molecule has 0 aliphatic carbocycles. The van der Waals surface area contributed by atoms with Gasteiger partial charge in [-0.3, -0.25) is 19.3 Å². The summed E-state index contributed by atoms with van der Waals surface area (Å²) in [4.78, 5) is 19.3. The highest BCUT2D eigenvalue weighted by Gasteiger charge is 2.16. The number of rotatable bonds is 2. The number of benzene rings is 2. The minimum Gasteiger partial charge on any atom is -0.494 e.